The zero-order valence-corrected chi connectivity index (χ0v) is 10.5. The van der Waals surface area contributed by atoms with Crippen LogP contribution >= 0.6 is 0 Å². The number of rotatable bonds is 3. The second-order valence-corrected chi connectivity index (χ2v) is 4.11. The molecule has 0 aromatic carbocycles. The van der Waals surface area contributed by atoms with E-state index in [1.165, 1.54) is 18.3 Å². The first kappa shape index (κ1) is 13.3. The molecule has 1 aliphatic rings. The van der Waals surface area contributed by atoms with Crippen LogP contribution in [0.1, 0.15) is 10.4 Å². The third-order valence-corrected chi connectivity index (χ3v) is 2.96. The van der Waals surface area contributed by atoms with Crippen LogP contribution in [0.25, 0.3) is 0 Å². The standard InChI is InChI=1S/C12H15N3O4/c1-13-11(16)9-7-19-5-4-15(9)10-6-8(12(17)18)2-3-14-10/h2-3,6,9H,4-5,7H2,1H3,(H,13,16)(H,17,18). The van der Waals surface area contributed by atoms with Crippen molar-refractivity contribution in [2.75, 3.05) is 31.7 Å². The largest absolute Gasteiger partial charge is 0.478 e. The summed E-state index contributed by atoms with van der Waals surface area (Å²) in [6.45, 7) is 1.24. The molecule has 0 bridgehead atoms. The number of carboxylic acids is 1. The predicted octanol–water partition coefficient (Wildman–Crippen LogP) is -0.269. The number of carbonyl (C=O) groups is 2. The van der Waals surface area contributed by atoms with Gasteiger partial charge in [0.2, 0.25) is 5.91 Å². The number of hydrogen-bond donors (Lipinski definition) is 2. The van der Waals surface area contributed by atoms with E-state index < -0.39 is 12.0 Å². The second-order valence-electron chi connectivity index (χ2n) is 4.11. The van der Waals surface area contributed by atoms with E-state index in [4.69, 9.17) is 9.84 Å². The van der Waals surface area contributed by atoms with Crippen molar-refractivity contribution in [2.24, 2.45) is 0 Å². The summed E-state index contributed by atoms with van der Waals surface area (Å²) in [5.74, 6) is -0.729. The number of amides is 1. The van der Waals surface area contributed by atoms with Gasteiger partial charge in [0.15, 0.2) is 0 Å². The Balaban J connectivity index is 2.29. The van der Waals surface area contributed by atoms with Crippen LogP contribution in [0.15, 0.2) is 18.3 Å². The molecule has 7 nitrogen and oxygen atoms in total. The highest BCUT2D eigenvalue weighted by molar-refractivity contribution is 5.89. The molecule has 2 heterocycles. The van der Waals surface area contributed by atoms with Crippen LogP contribution in [0.5, 0.6) is 0 Å². The molecule has 1 amide bonds. The van der Waals surface area contributed by atoms with Crippen LogP contribution in [0.3, 0.4) is 0 Å². The molecule has 2 N–H and O–H groups in total. The lowest BCUT2D eigenvalue weighted by atomic mass is 10.2. The van der Waals surface area contributed by atoms with Crippen LogP contribution in [-0.4, -0.2) is 54.8 Å². The topological polar surface area (TPSA) is 91.8 Å². The Hall–Kier alpha value is -2.15. The van der Waals surface area contributed by atoms with Crippen LogP contribution in [-0.2, 0) is 9.53 Å². The summed E-state index contributed by atoms with van der Waals surface area (Å²) in [6.07, 6.45) is 1.43. The van der Waals surface area contributed by atoms with Crippen molar-refractivity contribution in [1.29, 1.82) is 0 Å². The van der Waals surface area contributed by atoms with E-state index in [0.29, 0.717) is 19.0 Å². The molecule has 2 rings (SSSR count). The summed E-state index contributed by atoms with van der Waals surface area (Å²) in [7, 11) is 1.55. The lowest BCUT2D eigenvalue weighted by Gasteiger charge is -2.35. The molecular formula is C12H15N3O4. The normalized spacial score (nSPS) is 19.0. The Morgan fingerprint density at radius 2 is 2.37 bits per heavy atom. The Labute approximate surface area is 110 Å². The van der Waals surface area contributed by atoms with Crippen LogP contribution in [0.4, 0.5) is 5.82 Å². The minimum Gasteiger partial charge on any atom is -0.478 e. The first-order chi connectivity index (χ1) is 9.13. The second kappa shape index (κ2) is 5.66. The maximum Gasteiger partial charge on any atom is 0.335 e. The third-order valence-electron chi connectivity index (χ3n) is 2.96. The van der Waals surface area contributed by atoms with Crippen LogP contribution in [0, 0.1) is 0 Å². The molecule has 1 aliphatic heterocycles. The SMILES string of the molecule is CNC(=O)C1COCCN1c1cc(C(=O)O)ccn1. The Morgan fingerprint density at radius 1 is 1.58 bits per heavy atom. The number of anilines is 1. The molecule has 0 radical (unpaired) electrons. The molecule has 1 atom stereocenters. The van der Waals surface area contributed by atoms with E-state index in [0.717, 1.165) is 0 Å². The van der Waals surface area contributed by atoms with E-state index in [1.54, 1.807) is 11.9 Å². The van der Waals surface area contributed by atoms with Gasteiger partial charge >= 0.3 is 5.97 Å². The minimum atomic E-state index is -1.02. The zero-order chi connectivity index (χ0) is 13.8. The van der Waals surface area contributed by atoms with Gasteiger partial charge in [0.25, 0.3) is 0 Å². The van der Waals surface area contributed by atoms with Gasteiger partial charge in [-0.25, -0.2) is 9.78 Å². The molecule has 1 saturated heterocycles. The van der Waals surface area contributed by atoms with Gasteiger partial charge in [-0.3, -0.25) is 4.79 Å². The van der Waals surface area contributed by atoms with Crippen molar-refractivity contribution in [3.63, 3.8) is 0 Å². The van der Waals surface area contributed by atoms with E-state index in [1.807, 2.05) is 0 Å². The molecule has 0 saturated carbocycles. The van der Waals surface area contributed by atoms with Crippen LogP contribution < -0.4 is 10.2 Å². The number of nitrogens with one attached hydrogen (secondary N) is 1. The fourth-order valence-electron chi connectivity index (χ4n) is 1.97. The zero-order valence-electron chi connectivity index (χ0n) is 10.5. The lowest BCUT2D eigenvalue weighted by Crippen LogP contribution is -2.53. The number of morpholine rings is 1. The number of carbonyl (C=O) groups excluding carboxylic acids is 1. The average molecular weight is 265 g/mol. The van der Waals surface area contributed by atoms with Crippen molar-refractivity contribution in [1.82, 2.24) is 10.3 Å². The molecule has 0 aliphatic carbocycles. The van der Waals surface area contributed by atoms with Crippen molar-refractivity contribution < 1.29 is 19.4 Å². The predicted molar refractivity (Wildman–Crippen MR) is 67.2 cm³/mol. The number of nitrogens with zero attached hydrogens (tertiary/aromatic N) is 2. The Bertz CT molecular complexity index is 492. The fourth-order valence-corrected chi connectivity index (χ4v) is 1.97. The van der Waals surface area contributed by atoms with Gasteiger partial charge in [0.05, 0.1) is 18.8 Å². The highest BCUT2D eigenvalue weighted by atomic mass is 16.5. The molecule has 7 heteroatoms. The highest BCUT2D eigenvalue weighted by Gasteiger charge is 2.30. The van der Waals surface area contributed by atoms with Crippen LogP contribution in [0.2, 0.25) is 0 Å². The van der Waals surface area contributed by atoms with Gasteiger partial charge in [0.1, 0.15) is 11.9 Å². The molecule has 1 aromatic rings. The minimum absolute atomic E-state index is 0.146. The molecule has 1 fully saturated rings. The van der Waals surface area contributed by atoms with Crippen molar-refractivity contribution >= 4 is 17.7 Å². The third kappa shape index (κ3) is 2.82. The molecular weight excluding hydrogens is 250 g/mol. The van der Waals surface area contributed by atoms with Gasteiger partial charge in [-0.2, -0.15) is 0 Å². The quantitative estimate of drug-likeness (QED) is 0.781. The first-order valence-electron chi connectivity index (χ1n) is 5.89. The first-order valence-corrected chi connectivity index (χ1v) is 5.89. The van der Waals surface area contributed by atoms with Crippen molar-refractivity contribution in [3.05, 3.63) is 23.9 Å². The van der Waals surface area contributed by atoms with Crippen molar-refractivity contribution in [3.8, 4) is 0 Å². The smallest absolute Gasteiger partial charge is 0.335 e. The monoisotopic (exact) mass is 265 g/mol. The number of likely N-dealkylation sites (N-methyl/N-ethyl adjacent to an activating group) is 1. The molecule has 0 spiro atoms. The molecule has 1 unspecified atom stereocenters. The summed E-state index contributed by atoms with van der Waals surface area (Å²) in [5, 5.41) is 11.5. The fraction of sp³-hybridized carbons (Fsp3) is 0.417. The summed E-state index contributed by atoms with van der Waals surface area (Å²) in [5.41, 5.74) is 0.146. The lowest BCUT2D eigenvalue weighted by molar-refractivity contribution is -0.124. The number of carboxylic acid groups (broad SMARTS) is 1. The highest BCUT2D eigenvalue weighted by Crippen LogP contribution is 2.18. The van der Waals surface area contributed by atoms with Gasteiger partial charge < -0.3 is 20.1 Å². The molecule has 1 aromatic heterocycles. The summed E-state index contributed by atoms with van der Waals surface area (Å²) in [6, 6.07) is 2.39. The van der Waals surface area contributed by atoms with E-state index in [-0.39, 0.29) is 18.1 Å². The maximum atomic E-state index is 11.8. The number of pyridine rings is 1. The van der Waals surface area contributed by atoms with Gasteiger partial charge in [-0.15, -0.1) is 0 Å². The number of aromatic carboxylic acids is 1. The van der Waals surface area contributed by atoms with Gasteiger partial charge in [-0.1, -0.05) is 0 Å². The number of aromatic nitrogens is 1. The van der Waals surface area contributed by atoms with Gasteiger partial charge in [-0.05, 0) is 12.1 Å². The number of hydrogen-bond acceptors (Lipinski definition) is 5. The summed E-state index contributed by atoms with van der Waals surface area (Å²) in [4.78, 5) is 28.6. The van der Waals surface area contributed by atoms with E-state index >= 15 is 0 Å². The number of ether oxygens (including phenoxy) is 1. The van der Waals surface area contributed by atoms with E-state index in [2.05, 4.69) is 10.3 Å². The maximum absolute atomic E-state index is 11.8. The summed E-state index contributed by atoms with van der Waals surface area (Å²) < 4.78 is 5.29. The van der Waals surface area contributed by atoms with Crippen molar-refractivity contribution in [2.45, 2.75) is 6.04 Å². The van der Waals surface area contributed by atoms with Gasteiger partial charge in [0, 0.05) is 19.8 Å². The Kier molecular flexibility index (Phi) is 3.96. The van der Waals surface area contributed by atoms with E-state index in [9.17, 15) is 9.59 Å². The molecule has 102 valence electrons. The average Bonchev–Trinajstić information content (AvgIpc) is 2.46. The molecule has 19 heavy (non-hydrogen) atoms. The Morgan fingerprint density at radius 3 is 3.05 bits per heavy atom. The summed E-state index contributed by atoms with van der Waals surface area (Å²) >= 11 is 0.